The van der Waals surface area contributed by atoms with Crippen molar-refractivity contribution in [2.24, 2.45) is 5.92 Å². The highest BCUT2D eigenvalue weighted by atomic mass is 19.4. The van der Waals surface area contributed by atoms with Gasteiger partial charge in [-0.25, -0.2) is 0 Å². The smallest absolute Gasteiger partial charge is 0.389 e. The molecule has 0 aromatic rings. The number of nitrogens with one attached hydrogen (secondary N) is 1. The molecule has 0 amide bonds. The normalized spacial score (nSPS) is 31.3. The third-order valence-electron chi connectivity index (χ3n) is 3.78. The number of alkyl halides is 3. The first-order valence-corrected chi connectivity index (χ1v) is 6.45. The largest absolute Gasteiger partial charge is 0.415 e. The molecule has 0 spiro atoms. The highest BCUT2D eigenvalue weighted by molar-refractivity contribution is 4.87. The second kappa shape index (κ2) is 6.21. The average Bonchev–Trinajstić information content (AvgIpc) is 2.28. The predicted molar refractivity (Wildman–Crippen MR) is 62.1 cm³/mol. The first-order valence-electron chi connectivity index (χ1n) is 6.45. The summed E-state index contributed by atoms with van der Waals surface area (Å²) in [4.78, 5) is 0. The maximum Gasteiger partial charge on any atom is 0.415 e. The number of aliphatic hydroxyl groups excluding tert-OH is 1. The molecule has 6 heteroatoms. The van der Waals surface area contributed by atoms with Crippen LogP contribution in [0.4, 0.5) is 13.2 Å². The van der Waals surface area contributed by atoms with Crippen LogP contribution < -0.4 is 5.32 Å². The Kier molecular flexibility index (Phi) is 5.43. The van der Waals surface area contributed by atoms with Crippen molar-refractivity contribution in [2.45, 2.75) is 56.9 Å². The van der Waals surface area contributed by atoms with Crippen molar-refractivity contribution in [3.8, 4) is 0 Å². The molecule has 0 bridgehead atoms. The van der Waals surface area contributed by atoms with Crippen molar-refractivity contribution in [3.05, 3.63) is 0 Å². The number of hydrogen-bond acceptors (Lipinski definition) is 3. The van der Waals surface area contributed by atoms with E-state index in [1.165, 1.54) is 0 Å². The lowest BCUT2D eigenvalue weighted by atomic mass is 9.78. The Labute approximate surface area is 105 Å². The van der Waals surface area contributed by atoms with E-state index >= 15 is 0 Å². The molecule has 1 saturated carbocycles. The molecule has 1 atom stereocenters. The molecule has 3 N–H and O–H groups in total. The molecule has 1 fully saturated rings. The van der Waals surface area contributed by atoms with E-state index in [1.807, 2.05) is 0 Å². The minimum Gasteiger partial charge on any atom is -0.389 e. The summed E-state index contributed by atoms with van der Waals surface area (Å²) in [6.07, 6.45) is -2.84. The fourth-order valence-corrected chi connectivity index (χ4v) is 2.36. The molecule has 1 rings (SSSR count). The molecule has 0 aromatic carbocycles. The molecule has 1 unspecified atom stereocenters. The minimum atomic E-state index is -4.60. The zero-order valence-corrected chi connectivity index (χ0v) is 10.6. The maximum atomic E-state index is 12.1. The van der Waals surface area contributed by atoms with Crippen LogP contribution in [0, 0.1) is 5.92 Å². The summed E-state index contributed by atoms with van der Waals surface area (Å²) in [6, 6.07) is 0. The molecule has 1 aliphatic rings. The van der Waals surface area contributed by atoms with Crippen molar-refractivity contribution in [3.63, 3.8) is 0 Å². The summed E-state index contributed by atoms with van der Waals surface area (Å²) in [5, 5.41) is 21.5. The Bertz CT molecular complexity index is 250. The summed E-state index contributed by atoms with van der Waals surface area (Å²) < 4.78 is 36.2. The Morgan fingerprint density at radius 2 is 1.89 bits per heavy atom. The highest BCUT2D eigenvalue weighted by Crippen LogP contribution is 2.33. The van der Waals surface area contributed by atoms with E-state index in [0.717, 1.165) is 19.3 Å². The van der Waals surface area contributed by atoms with E-state index in [9.17, 15) is 18.3 Å². The molecule has 0 saturated heterocycles. The number of hydrogen-bond donors (Lipinski definition) is 3. The first-order chi connectivity index (χ1) is 8.27. The lowest BCUT2D eigenvalue weighted by Crippen LogP contribution is -2.47. The Morgan fingerprint density at radius 1 is 1.33 bits per heavy atom. The van der Waals surface area contributed by atoms with Gasteiger partial charge in [-0.3, -0.25) is 0 Å². The van der Waals surface area contributed by atoms with Crippen molar-refractivity contribution >= 4 is 0 Å². The van der Waals surface area contributed by atoms with Crippen molar-refractivity contribution in [2.75, 3.05) is 13.1 Å². The lowest BCUT2D eigenvalue weighted by molar-refractivity contribution is -0.202. The fraction of sp³-hybridized carbons (Fsp3) is 1.00. The fourth-order valence-electron chi connectivity index (χ4n) is 2.36. The van der Waals surface area contributed by atoms with E-state index in [4.69, 9.17) is 5.11 Å². The van der Waals surface area contributed by atoms with Crippen LogP contribution in [0.15, 0.2) is 0 Å². The molecular formula is C12H22F3NO2. The van der Waals surface area contributed by atoms with Gasteiger partial charge in [0.15, 0.2) is 6.10 Å². The molecule has 3 nitrogen and oxygen atoms in total. The predicted octanol–water partition coefficient (Wildman–Crippen LogP) is 1.83. The quantitative estimate of drug-likeness (QED) is 0.713. The van der Waals surface area contributed by atoms with E-state index in [0.29, 0.717) is 18.8 Å². The van der Waals surface area contributed by atoms with Crippen LogP contribution in [0.2, 0.25) is 0 Å². The van der Waals surface area contributed by atoms with Crippen LogP contribution in [0.5, 0.6) is 0 Å². The molecule has 0 aromatic heterocycles. The van der Waals surface area contributed by atoms with Crippen molar-refractivity contribution < 1.29 is 23.4 Å². The van der Waals surface area contributed by atoms with Gasteiger partial charge in [-0.1, -0.05) is 13.3 Å². The zero-order chi connectivity index (χ0) is 13.8. The van der Waals surface area contributed by atoms with Gasteiger partial charge in [0, 0.05) is 13.1 Å². The van der Waals surface area contributed by atoms with Gasteiger partial charge in [0.25, 0.3) is 0 Å². The van der Waals surface area contributed by atoms with Crippen LogP contribution in [0.3, 0.4) is 0 Å². The molecule has 18 heavy (non-hydrogen) atoms. The number of rotatable bonds is 5. The third-order valence-corrected chi connectivity index (χ3v) is 3.78. The van der Waals surface area contributed by atoms with Gasteiger partial charge in [-0.05, 0) is 31.6 Å². The maximum absolute atomic E-state index is 12.1. The standard InChI is InChI=1S/C12H22F3NO2/c1-2-9-3-5-11(18,6-4-9)8-16-7-10(17)12(13,14)15/h9-10,16-18H,2-8H2,1H3. The minimum absolute atomic E-state index is 0.108. The van der Waals surface area contributed by atoms with Gasteiger partial charge in [-0.2, -0.15) is 13.2 Å². The van der Waals surface area contributed by atoms with E-state index in [-0.39, 0.29) is 6.54 Å². The average molecular weight is 269 g/mol. The summed E-state index contributed by atoms with van der Waals surface area (Å²) in [6.45, 7) is 1.65. The molecular weight excluding hydrogens is 247 g/mol. The van der Waals surface area contributed by atoms with E-state index in [2.05, 4.69) is 12.2 Å². The van der Waals surface area contributed by atoms with Gasteiger partial charge in [0.2, 0.25) is 0 Å². The van der Waals surface area contributed by atoms with Crippen LogP contribution in [0.1, 0.15) is 39.0 Å². The zero-order valence-electron chi connectivity index (χ0n) is 10.6. The van der Waals surface area contributed by atoms with E-state index < -0.39 is 24.4 Å². The van der Waals surface area contributed by atoms with Crippen LogP contribution in [0.25, 0.3) is 0 Å². The van der Waals surface area contributed by atoms with Gasteiger partial charge >= 0.3 is 6.18 Å². The SMILES string of the molecule is CCC1CCC(O)(CNCC(O)C(F)(F)F)CC1. The topological polar surface area (TPSA) is 52.5 Å². The van der Waals surface area contributed by atoms with Crippen molar-refractivity contribution in [1.82, 2.24) is 5.32 Å². The van der Waals surface area contributed by atoms with Crippen molar-refractivity contribution in [1.29, 1.82) is 0 Å². The second-order valence-electron chi connectivity index (χ2n) is 5.26. The summed E-state index contributed by atoms with van der Waals surface area (Å²) in [5.41, 5.74) is -0.920. The summed E-state index contributed by atoms with van der Waals surface area (Å²) >= 11 is 0. The number of aliphatic hydroxyl groups is 2. The summed E-state index contributed by atoms with van der Waals surface area (Å²) in [5.74, 6) is 0.617. The first kappa shape index (κ1) is 15.7. The third kappa shape index (κ3) is 4.74. The Morgan fingerprint density at radius 3 is 2.33 bits per heavy atom. The van der Waals surface area contributed by atoms with Gasteiger partial charge in [-0.15, -0.1) is 0 Å². The van der Waals surface area contributed by atoms with Gasteiger partial charge in [0.1, 0.15) is 0 Å². The van der Waals surface area contributed by atoms with Gasteiger partial charge < -0.3 is 15.5 Å². The second-order valence-corrected chi connectivity index (χ2v) is 5.26. The molecule has 1 aliphatic carbocycles. The molecule has 0 radical (unpaired) electrons. The Balaban J connectivity index is 2.27. The van der Waals surface area contributed by atoms with Crippen LogP contribution >= 0.6 is 0 Å². The lowest BCUT2D eigenvalue weighted by Gasteiger charge is -2.36. The number of halogens is 3. The molecule has 108 valence electrons. The summed E-state index contributed by atoms with van der Waals surface area (Å²) in [7, 11) is 0. The molecule has 0 heterocycles. The van der Waals surface area contributed by atoms with Gasteiger partial charge in [0.05, 0.1) is 5.60 Å². The molecule has 0 aliphatic heterocycles. The van der Waals surface area contributed by atoms with E-state index in [1.54, 1.807) is 0 Å². The Hall–Kier alpha value is -0.330. The monoisotopic (exact) mass is 269 g/mol. The van der Waals surface area contributed by atoms with Crippen LogP contribution in [-0.2, 0) is 0 Å². The highest BCUT2D eigenvalue weighted by Gasteiger charge is 2.38. The van der Waals surface area contributed by atoms with Crippen LogP contribution in [-0.4, -0.2) is 41.2 Å².